The number of halogens is 6. The van der Waals surface area contributed by atoms with E-state index in [-0.39, 0.29) is 19.1 Å². The van der Waals surface area contributed by atoms with Gasteiger partial charge in [-0.2, -0.15) is 31.3 Å². The van der Waals surface area contributed by atoms with E-state index in [0.717, 1.165) is 16.9 Å². The van der Waals surface area contributed by atoms with E-state index >= 15 is 0 Å². The molecule has 2 aromatic heterocycles. The Balaban J connectivity index is 1.66. The summed E-state index contributed by atoms with van der Waals surface area (Å²) in [6.45, 7) is -2.37. The van der Waals surface area contributed by atoms with E-state index in [9.17, 15) is 30.9 Å². The van der Waals surface area contributed by atoms with E-state index < -0.39 is 39.5 Å². The molecule has 3 aromatic rings. The highest BCUT2D eigenvalue weighted by Gasteiger charge is 2.38. The van der Waals surface area contributed by atoms with Crippen molar-refractivity contribution in [3.05, 3.63) is 36.2 Å². The number of hydrogen-bond donors (Lipinski definition) is 1. The Morgan fingerprint density at radius 1 is 1.03 bits per heavy atom. The lowest BCUT2D eigenvalue weighted by atomic mass is 10.2. The van der Waals surface area contributed by atoms with Crippen molar-refractivity contribution in [2.75, 3.05) is 31.9 Å². The van der Waals surface area contributed by atoms with Crippen molar-refractivity contribution in [3.63, 3.8) is 0 Å². The molecular weight excluding hydrogens is 551 g/mol. The predicted molar refractivity (Wildman–Crippen MR) is 122 cm³/mol. The van der Waals surface area contributed by atoms with Crippen molar-refractivity contribution < 1.29 is 44.7 Å². The van der Waals surface area contributed by atoms with Crippen molar-refractivity contribution in [1.82, 2.24) is 19.5 Å². The highest BCUT2D eigenvalue weighted by molar-refractivity contribution is 7.99. The van der Waals surface area contributed by atoms with E-state index in [0.29, 0.717) is 16.2 Å². The van der Waals surface area contributed by atoms with Gasteiger partial charge in [0.25, 0.3) is 0 Å². The van der Waals surface area contributed by atoms with Crippen LogP contribution in [0.5, 0.6) is 0 Å². The smallest absolute Gasteiger partial charge is 0.368 e. The number of alkyl halides is 6. The highest BCUT2D eigenvalue weighted by atomic mass is 32.2. The van der Waals surface area contributed by atoms with Gasteiger partial charge in [0.05, 0.1) is 12.9 Å². The summed E-state index contributed by atoms with van der Waals surface area (Å²) in [5, 5.41) is 0.483. The van der Waals surface area contributed by atoms with Crippen LogP contribution in [0.2, 0.25) is 0 Å². The van der Waals surface area contributed by atoms with Crippen molar-refractivity contribution in [2.45, 2.75) is 42.2 Å². The molecule has 0 spiro atoms. The molecular formula is C20H22F6N5O4PS. The quantitative estimate of drug-likeness (QED) is 0.131. The van der Waals surface area contributed by atoms with Crippen LogP contribution in [0, 0.1) is 0 Å². The number of benzene rings is 1. The number of aromatic nitrogens is 4. The number of imidazole rings is 1. The summed E-state index contributed by atoms with van der Waals surface area (Å²) >= 11 is 1.32. The Hall–Kier alpha value is -2.39. The molecule has 0 radical (unpaired) electrons. The van der Waals surface area contributed by atoms with E-state index in [1.807, 2.05) is 31.2 Å². The standard InChI is InChI=1S/C20H22F6N5O4PS/c1-2-13-3-5-14(6-4-13)37-17-15-16(29-18(27)30-17)31(11-28-15)7-8-33-12-36(32,34-9-19(21,22)23)35-10-20(24,25)26/h3-6,11H,2,7-10,12H2,1H3,(H2,27,29,30). The Labute approximate surface area is 211 Å². The van der Waals surface area contributed by atoms with Gasteiger partial charge in [-0.25, -0.2) is 9.97 Å². The molecule has 0 aliphatic heterocycles. The Kier molecular flexibility index (Phi) is 9.45. The molecule has 2 heterocycles. The lowest BCUT2D eigenvalue weighted by Crippen LogP contribution is -2.21. The van der Waals surface area contributed by atoms with Crippen LogP contribution in [0.1, 0.15) is 12.5 Å². The molecule has 0 amide bonds. The molecule has 204 valence electrons. The molecule has 2 N–H and O–H groups in total. The van der Waals surface area contributed by atoms with Crippen molar-refractivity contribution in [3.8, 4) is 0 Å². The summed E-state index contributed by atoms with van der Waals surface area (Å²) in [7, 11) is -4.86. The van der Waals surface area contributed by atoms with Crippen LogP contribution in [0.15, 0.2) is 40.5 Å². The summed E-state index contributed by atoms with van der Waals surface area (Å²) in [5.74, 6) is -0.0338. The van der Waals surface area contributed by atoms with Gasteiger partial charge in [-0.1, -0.05) is 30.8 Å². The van der Waals surface area contributed by atoms with Gasteiger partial charge in [-0.05, 0) is 24.1 Å². The average Bonchev–Trinajstić information content (AvgIpc) is 3.22. The fourth-order valence-corrected chi connectivity index (χ4v) is 5.01. The van der Waals surface area contributed by atoms with Crippen LogP contribution in [0.4, 0.5) is 32.3 Å². The average molecular weight is 573 g/mol. The van der Waals surface area contributed by atoms with Gasteiger partial charge in [-0.15, -0.1) is 0 Å². The molecule has 0 bridgehead atoms. The lowest BCUT2D eigenvalue weighted by Gasteiger charge is -2.20. The summed E-state index contributed by atoms with van der Waals surface area (Å²) in [6, 6.07) is 7.82. The summed E-state index contributed by atoms with van der Waals surface area (Å²) in [4.78, 5) is 13.6. The van der Waals surface area contributed by atoms with Crippen molar-refractivity contribution in [2.24, 2.45) is 0 Å². The van der Waals surface area contributed by atoms with Crippen LogP contribution in [-0.4, -0.2) is 58.0 Å². The van der Waals surface area contributed by atoms with Gasteiger partial charge in [0.15, 0.2) is 18.9 Å². The van der Waals surface area contributed by atoms with Gasteiger partial charge < -0.3 is 15.0 Å². The maximum Gasteiger partial charge on any atom is 0.412 e. The third kappa shape index (κ3) is 9.14. The summed E-state index contributed by atoms with van der Waals surface area (Å²) in [5.41, 5.74) is 7.75. The molecule has 17 heteroatoms. The lowest BCUT2D eigenvalue weighted by molar-refractivity contribution is -0.166. The van der Waals surface area contributed by atoms with E-state index in [2.05, 4.69) is 24.0 Å². The zero-order valence-electron chi connectivity index (χ0n) is 19.3. The normalized spacial score (nSPS) is 12.9. The van der Waals surface area contributed by atoms with Gasteiger partial charge in [0, 0.05) is 11.4 Å². The zero-order valence-corrected chi connectivity index (χ0v) is 21.0. The first-order chi connectivity index (χ1) is 17.3. The first kappa shape index (κ1) is 29.2. The van der Waals surface area contributed by atoms with Crippen molar-refractivity contribution in [1.29, 1.82) is 0 Å². The Morgan fingerprint density at radius 3 is 2.22 bits per heavy atom. The van der Waals surface area contributed by atoms with Crippen LogP contribution < -0.4 is 5.73 Å². The third-order valence-electron chi connectivity index (χ3n) is 4.57. The van der Waals surface area contributed by atoms with Crippen LogP contribution in [0.25, 0.3) is 11.2 Å². The second-order valence-corrected chi connectivity index (χ2v) is 10.6. The Bertz CT molecular complexity index is 1220. The number of nitrogens with zero attached hydrogens (tertiary/aromatic N) is 4. The van der Waals surface area contributed by atoms with Gasteiger partial charge in [-0.3, -0.25) is 13.6 Å². The second kappa shape index (κ2) is 12.0. The molecule has 9 nitrogen and oxygen atoms in total. The van der Waals surface area contributed by atoms with E-state index in [4.69, 9.17) is 10.5 Å². The molecule has 0 saturated heterocycles. The fourth-order valence-electron chi connectivity index (χ4n) is 2.87. The number of nitrogens with two attached hydrogens (primary N) is 1. The minimum atomic E-state index is -4.93. The molecule has 0 saturated carbocycles. The molecule has 0 aliphatic rings. The highest BCUT2D eigenvalue weighted by Crippen LogP contribution is 2.50. The number of ether oxygens (including phenoxy) is 1. The number of hydrogen-bond acceptors (Lipinski definition) is 9. The molecule has 0 fully saturated rings. The number of aryl methyl sites for hydroxylation is 1. The molecule has 37 heavy (non-hydrogen) atoms. The monoisotopic (exact) mass is 573 g/mol. The van der Waals surface area contributed by atoms with Crippen LogP contribution in [-0.2, 0) is 31.3 Å². The summed E-state index contributed by atoms with van der Waals surface area (Å²) in [6.07, 6.45) is -8.70. The first-order valence-electron chi connectivity index (χ1n) is 10.6. The van der Waals surface area contributed by atoms with Gasteiger partial charge in [0.1, 0.15) is 16.9 Å². The SMILES string of the molecule is CCc1ccc(Sc2nc(N)nc3c2ncn3CCOCP(=O)(OCC(F)(F)F)OCC(F)(F)F)cc1. The molecule has 0 aliphatic carbocycles. The van der Waals surface area contributed by atoms with Crippen LogP contribution >= 0.6 is 19.4 Å². The number of fused-ring (bicyclic) bond motifs is 1. The van der Waals surface area contributed by atoms with Crippen molar-refractivity contribution >= 4 is 36.5 Å². The fraction of sp³-hybridized carbons (Fsp3) is 0.450. The number of rotatable bonds is 12. The zero-order chi connectivity index (χ0) is 27.3. The van der Waals surface area contributed by atoms with Crippen LogP contribution in [0.3, 0.4) is 0 Å². The molecule has 3 rings (SSSR count). The number of anilines is 1. The van der Waals surface area contributed by atoms with Gasteiger partial charge >= 0.3 is 19.9 Å². The third-order valence-corrected chi connectivity index (χ3v) is 7.10. The number of nitrogen functional groups attached to an aromatic ring is 1. The molecule has 0 atom stereocenters. The minimum Gasteiger partial charge on any atom is -0.368 e. The van der Waals surface area contributed by atoms with Gasteiger partial charge in [0.2, 0.25) is 5.95 Å². The maximum atomic E-state index is 12.4. The molecule has 0 unspecified atom stereocenters. The minimum absolute atomic E-state index is 0.000792. The largest absolute Gasteiger partial charge is 0.412 e. The maximum absolute atomic E-state index is 12.4. The van der Waals surface area contributed by atoms with E-state index in [1.54, 1.807) is 0 Å². The predicted octanol–water partition coefficient (Wildman–Crippen LogP) is 5.45. The summed E-state index contributed by atoms with van der Waals surface area (Å²) < 4.78 is 102. The molecule has 1 aromatic carbocycles. The topological polar surface area (TPSA) is 114 Å². The Morgan fingerprint density at radius 2 is 1.65 bits per heavy atom. The van der Waals surface area contributed by atoms with E-state index in [1.165, 1.54) is 22.7 Å². The first-order valence-corrected chi connectivity index (χ1v) is 13.2. The second-order valence-electron chi connectivity index (χ2n) is 7.52.